The van der Waals surface area contributed by atoms with Gasteiger partial charge >= 0.3 is 0 Å². The smallest absolute Gasteiger partial charge is 0.234 e. The summed E-state index contributed by atoms with van der Waals surface area (Å²) in [6, 6.07) is 18.2. The van der Waals surface area contributed by atoms with Crippen molar-refractivity contribution in [1.29, 1.82) is 0 Å². The lowest BCUT2D eigenvalue weighted by molar-refractivity contribution is -0.122. The summed E-state index contributed by atoms with van der Waals surface area (Å²) in [5.74, 6) is 0.862. The van der Waals surface area contributed by atoms with E-state index in [2.05, 4.69) is 40.6 Å². The number of carbonyl (C=O) groups excluding carboxylic acids is 1. The van der Waals surface area contributed by atoms with Gasteiger partial charge in [-0.2, -0.15) is 0 Å². The second kappa shape index (κ2) is 8.49. The third-order valence-electron chi connectivity index (χ3n) is 4.43. The van der Waals surface area contributed by atoms with E-state index < -0.39 is 0 Å². The fourth-order valence-corrected chi connectivity index (χ4v) is 3.01. The van der Waals surface area contributed by atoms with E-state index in [1.54, 1.807) is 7.11 Å². The van der Waals surface area contributed by atoms with Crippen molar-refractivity contribution in [3.05, 3.63) is 71.8 Å². The van der Waals surface area contributed by atoms with Crippen molar-refractivity contribution in [2.24, 2.45) is 0 Å². The lowest BCUT2D eigenvalue weighted by Gasteiger charge is -2.25. The standard InChI is InChI=1S/C21H24N2O2/c1-25-20-9-5-6-17(14-20)15-22-21(24)16-23-12-10-19(11-13-23)18-7-3-2-4-8-18/h2-10,14H,11-13,15-16H2,1H3,(H,22,24). The van der Waals surface area contributed by atoms with Crippen LogP contribution in [0.5, 0.6) is 5.75 Å². The monoisotopic (exact) mass is 336 g/mol. The molecule has 25 heavy (non-hydrogen) atoms. The van der Waals surface area contributed by atoms with Gasteiger partial charge in [-0.1, -0.05) is 48.5 Å². The van der Waals surface area contributed by atoms with Gasteiger partial charge in [0.2, 0.25) is 5.91 Å². The summed E-state index contributed by atoms with van der Waals surface area (Å²) in [6.07, 6.45) is 3.21. The molecule has 1 aliphatic heterocycles. The molecular formula is C21H24N2O2. The molecule has 0 aromatic heterocycles. The van der Waals surface area contributed by atoms with Gasteiger partial charge in [0, 0.05) is 19.6 Å². The first-order chi connectivity index (χ1) is 12.2. The number of amides is 1. The Morgan fingerprint density at radius 1 is 1.16 bits per heavy atom. The minimum atomic E-state index is 0.0550. The Balaban J connectivity index is 1.47. The van der Waals surface area contributed by atoms with Crippen LogP contribution in [0, 0.1) is 0 Å². The van der Waals surface area contributed by atoms with Crippen LogP contribution in [0.4, 0.5) is 0 Å². The first-order valence-corrected chi connectivity index (χ1v) is 8.61. The van der Waals surface area contributed by atoms with E-state index in [0.29, 0.717) is 13.1 Å². The number of carbonyl (C=O) groups is 1. The van der Waals surface area contributed by atoms with E-state index in [1.807, 2.05) is 30.3 Å². The van der Waals surface area contributed by atoms with Gasteiger partial charge in [0.05, 0.1) is 13.7 Å². The topological polar surface area (TPSA) is 41.6 Å². The molecule has 1 heterocycles. The molecule has 4 nitrogen and oxygen atoms in total. The fourth-order valence-electron chi connectivity index (χ4n) is 3.01. The van der Waals surface area contributed by atoms with Crippen LogP contribution < -0.4 is 10.1 Å². The van der Waals surface area contributed by atoms with Crippen LogP contribution in [0.2, 0.25) is 0 Å². The lowest BCUT2D eigenvalue weighted by Crippen LogP contribution is -2.39. The van der Waals surface area contributed by atoms with Crippen LogP contribution in [0.3, 0.4) is 0 Å². The Morgan fingerprint density at radius 3 is 2.72 bits per heavy atom. The number of hydrogen-bond acceptors (Lipinski definition) is 3. The minimum absolute atomic E-state index is 0.0550. The van der Waals surface area contributed by atoms with E-state index in [4.69, 9.17) is 4.74 Å². The third kappa shape index (κ3) is 4.94. The highest BCUT2D eigenvalue weighted by atomic mass is 16.5. The zero-order valence-corrected chi connectivity index (χ0v) is 14.6. The Kier molecular flexibility index (Phi) is 5.86. The highest BCUT2D eigenvalue weighted by Gasteiger charge is 2.15. The molecule has 1 N–H and O–H groups in total. The van der Waals surface area contributed by atoms with Gasteiger partial charge < -0.3 is 10.1 Å². The van der Waals surface area contributed by atoms with E-state index in [9.17, 15) is 4.79 Å². The summed E-state index contributed by atoms with van der Waals surface area (Å²) in [7, 11) is 1.64. The van der Waals surface area contributed by atoms with E-state index >= 15 is 0 Å². The summed E-state index contributed by atoms with van der Waals surface area (Å²) >= 11 is 0. The molecule has 130 valence electrons. The fraction of sp³-hybridized carbons (Fsp3) is 0.286. The number of nitrogens with zero attached hydrogens (tertiary/aromatic N) is 1. The van der Waals surface area contributed by atoms with Crippen molar-refractivity contribution in [2.75, 3.05) is 26.7 Å². The molecule has 0 bridgehead atoms. The molecule has 0 radical (unpaired) electrons. The molecule has 0 saturated carbocycles. The van der Waals surface area contributed by atoms with Gasteiger partial charge in [-0.05, 0) is 35.3 Å². The maximum absolute atomic E-state index is 12.2. The molecule has 4 heteroatoms. The van der Waals surface area contributed by atoms with Crippen LogP contribution in [0.15, 0.2) is 60.7 Å². The number of nitrogens with one attached hydrogen (secondary N) is 1. The van der Waals surface area contributed by atoms with Crippen molar-refractivity contribution < 1.29 is 9.53 Å². The zero-order chi connectivity index (χ0) is 17.5. The molecule has 0 unspecified atom stereocenters. The number of hydrogen-bond donors (Lipinski definition) is 1. The zero-order valence-electron chi connectivity index (χ0n) is 14.6. The van der Waals surface area contributed by atoms with Crippen molar-refractivity contribution in [1.82, 2.24) is 10.2 Å². The Hall–Kier alpha value is -2.59. The van der Waals surface area contributed by atoms with Gasteiger partial charge in [0.1, 0.15) is 5.75 Å². The maximum Gasteiger partial charge on any atom is 0.234 e. The predicted molar refractivity (Wildman–Crippen MR) is 100 cm³/mol. The summed E-state index contributed by atoms with van der Waals surface area (Å²) in [5, 5.41) is 2.98. The first-order valence-electron chi connectivity index (χ1n) is 8.61. The van der Waals surface area contributed by atoms with Gasteiger partial charge in [-0.25, -0.2) is 0 Å². The largest absolute Gasteiger partial charge is 0.497 e. The molecule has 2 aromatic carbocycles. The predicted octanol–water partition coefficient (Wildman–Crippen LogP) is 3.10. The van der Waals surface area contributed by atoms with Gasteiger partial charge in [0.25, 0.3) is 0 Å². The van der Waals surface area contributed by atoms with Crippen molar-refractivity contribution in [2.45, 2.75) is 13.0 Å². The van der Waals surface area contributed by atoms with Crippen molar-refractivity contribution >= 4 is 11.5 Å². The molecule has 2 aromatic rings. The minimum Gasteiger partial charge on any atom is -0.497 e. The second-order valence-corrected chi connectivity index (χ2v) is 6.21. The van der Waals surface area contributed by atoms with Gasteiger partial charge in [0.15, 0.2) is 0 Å². The summed E-state index contributed by atoms with van der Waals surface area (Å²) in [5.41, 5.74) is 3.69. The van der Waals surface area contributed by atoms with E-state index in [0.717, 1.165) is 30.8 Å². The average molecular weight is 336 g/mol. The maximum atomic E-state index is 12.2. The molecule has 0 atom stereocenters. The van der Waals surface area contributed by atoms with Crippen LogP contribution >= 0.6 is 0 Å². The number of methoxy groups -OCH3 is 1. The van der Waals surface area contributed by atoms with Crippen molar-refractivity contribution in [3.8, 4) is 5.75 Å². The first kappa shape index (κ1) is 17.2. The lowest BCUT2D eigenvalue weighted by atomic mass is 10.00. The summed E-state index contributed by atoms with van der Waals surface area (Å²) in [6.45, 7) is 2.68. The van der Waals surface area contributed by atoms with Crippen LogP contribution in [-0.2, 0) is 11.3 Å². The molecule has 0 spiro atoms. The van der Waals surface area contributed by atoms with E-state index in [-0.39, 0.29) is 5.91 Å². The van der Waals surface area contributed by atoms with Crippen LogP contribution in [0.1, 0.15) is 17.5 Å². The molecular weight excluding hydrogens is 312 g/mol. The Bertz CT molecular complexity index is 741. The van der Waals surface area contributed by atoms with Crippen molar-refractivity contribution in [3.63, 3.8) is 0 Å². The highest BCUT2D eigenvalue weighted by molar-refractivity contribution is 5.78. The van der Waals surface area contributed by atoms with Crippen LogP contribution in [-0.4, -0.2) is 37.6 Å². The molecule has 0 aliphatic carbocycles. The summed E-state index contributed by atoms with van der Waals surface area (Å²) < 4.78 is 5.20. The Morgan fingerprint density at radius 2 is 2.00 bits per heavy atom. The second-order valence-electron chi connectivity index (χ2n) is 6.21. The van der Waals surface area contributed by atoms with Gasteiger partial charge in [-0.3, -0.25) is 9.69 Å². The highest BCUT2D eigenvalue weighted by Crippen LogP contribution is 2.21. The molecule has 1 aliphatic rings. The molecule has 0 saturated heterocycles. The van der Waals surface area contributed by atoms with Crippen LogP contribution in [0.25, 0.3) is 5.57 Å². The molecule has 0 fully saturated rings. The third-order valence-corrected chi connectivity index (χ3v) is 4.43. The SMILES string of the molecule is COc1cccc(CNC(=O)CN2CC=C(c3ccccc3)CC2)c1. The number of rotatable bonds is 6. The van der Waals surface area contributed by atoms with Gasteiger partial charge in [-0.15, -0.1) is 0 Å². The number of benzene rings is 2. The average Bonchev–Trinajstić information content (AvgIpc) is 2.68. The summed E-state index contributed by atoms with van der Waals surface area (Å²) in [4.78, 5) is 14.4. The normalized spacial score (nSPS) is 14.7. The van der Waals surface area contributed by atoms with E-state index in [1.165, 1.54) is 11.1 Å². The molecule has 1 amide bonds. The quantitative estimate of drug-likeness (QED) is 0.881. The number of ether oxygens (including phenoxy) is 1. The molecule has 3 rings (SSSR count). The Labute approximate surface area is 149 Å².